The molecule has 4 heteroatoms. The van der Waals surface area contributed by atoms with Gasteiger partial charge < -0.3 is 10.5 Å². The Kier molecular flexibility index (Phi) is 3.78. The van der Waals surface area contributed by atoms with Gasteiger partial charge in [0, 0.05) is 25.4 Å². The van der Waals surface area contributed by atoms with Crippen molar-refractivity contribution in [2.45, 2.75) is 51.7 Å². The monoisotopic (exact) mass is 251 g/mol. The molecule has 0 unspecified atom stereocenters. The Balaban J connectivity index is 1.93. The molecular weight excluding hydrogens is 226 g/mol. The van der Waals surface area contributed by atoms with Gasteiger partial charge in [0.15, 0.2) is 0 Å². The van der Waals surface area contributed by atoms with E-state index in [4.69, 9.17) is 10.5 Å². The van der Waals surface area contributed by atoms with Crippen molar-refractivity contribution in [3.05, 3.63) is 18.0 Å². The molecule has 18 heavy (non-hydrogen) atoms. The molecule has 1 aromatic rings. The first kappa shape index (κ1) is 13.6. The van der Waals surface area contributed by atoms with Gasteiger partial charge in [0.05, 0.1) is 18.4 Å². The van der Waals surface area contributed by atoms with Gasteiger partial charge in [0.2, 0.25) is 0 Å². The molecule has 0 saturated heterocycles. The van der Waals surface area contributed by atoms with Crippen LogP contribution >= 0.6 is 0 Å². The Bertz CT molecular complexity index is 387. The first-order valence-corrected chi connectivity index (χ1v) is 6.76. The molecule has 0 atom stereocenters. The molecule has 1 aliphatic carbocycles. The van der Waals surface area contributed by atoms with Crippen LogP contribution in [0.4, 0.5) is 0 Å². The molecule has 1 aliphatic rings. The highest BCUT2D eigenvalue weighted by atomic mass is 16.5. The quantitative estimate of drug-likeness (QED) is 0.893. The van der Waals surface area contributed by atoms with E-state index in [-0.39, 0.29) is 5.60 Å². The minimum Gasteiger partial charge on any atom is -0.369 e. The highest BCUT2D eigenvalue weighted by Gasteiger charge is 2.38. The van der Waals surface area contributed by atoms with Crippen molar-refractivity contribution in [2.75, 3.05) is 6.54 Å². The number of nitrogens with zero attached hydrogens (tertiary/aromatic N) is 2. The summed E-state index contributed by atoms with van der Waals surface area (Å²) in [5, 5.41) is 4.16. The average Bonchev–Trinajstić information content (AvgIpc) is 2.75. The van der Waals surface area contributed by atoms with Gasteiger partial charge in [-0.3, -0.25) is 4.68 Å². The van der Waals surface area contributed by atoms with Crippen LogP contribution in [0.25, 0.3) is 0 Å². The van der Waals surface area contributed by atoms with E-state index < -0.39 is 0 Å². The molecule has 0 aliphatic heterocycles. The predicted molar refractivity (Wildman–Crippen MR) is 72.0 cm³/mol. The fourth-order valence-electron chi connectivity index (χ4n) is 2.57. The van der Waals surface area contributed by atoms with E-state index in [9.17, 15) is 0 Å². The number of hydrogen-bond acceptors (Lipinski definition) is 3. The first-order valence-electron chi connectivity index (χ1n) is 6.76. The molecule has 1 saturated carbocycles. The summed E-state index contributed by atoms with van der Waals surface area (Å²) in [6.07, 6.45) is 8.37. The number of nitrogens with two attached hydrogens (primary N) is 1. The maximum Gasteiger partial charge on any atom is 0.0809 e. The minimum atomic E-state index is -0.120. The lowest BCUT2D eigenvalue weighted by atomic mass is 9.71. The molecule has 2 N–H and O–H groups in total. The second-order valence-corrected chi connectivity index (χ2v) is 6.36. The Morgan fingerprint density at radius 2 is 2.00 bits per heavy atom. The fourth-order valence-corrected chi connectivity index (χ4v) is 2.57. The fraction of sp³-hybridized carbons (Fsp3) is 0.786. The van der Waals surface area contributed by atoms with Crippen LogP contribution in [0.15, 0.2) is 12.4 Å². The van der Waals surface area contributed by atoms with Crippen molar-refractivity contribution >= 4 is 0 Å². The molecule has 0 spiro atoms. The zero-order valence-electron chi connectivity index (χ0n) is 11.8. The third-order valence-corrected chi connectivity index (χ3v) is 4.19. The maximum atomic E-state index is 6.13. The summed E-state index contributed by atoms with van der Waals surface area (Å²) in [4.78, 5) is 0. The molecule has 102 valence electrons. The van der Waals surface area contributed by atoms with Crippen molar-refractivity contribution in [2.24, 2.45) is 18.2 Å². The predicted octanol–water partition coefficient (Wildman–Crippen LogP) is 2.23. The number of aromatic nitrogens is 2. The topological polar surface area (TPSA) is 53.1 Å². The SMILES string of the molecule is Cn1cc(COC2(CN)CCC(C)(C)CC2)cn1. The standard InChI is InChI=1S/C14H25N3O/c1-13(2)4-6-14(11-15,7-5-13)18-10-12-8-16-17(3)9-12/h8-9H,4-7,10-11,15H2,1-3H3. The van der Waals surface area contributed by atoms with Crippen molar-refractivity contribution in [3.63, 3.8) is 0 Å². The van der Waals surface area contributed by atoms with Gasteiger partial charge in [0.1, 0.15) is 0 Å². The number of aryl methyl sites for hydroxylation is 1. The van der Waals surface area contributed by atoms with Crippen LogP contribution in [0, 0.1) is 5.41 Å². The van der Waals surface area contributed by atoms with E-state index in [1.165, 1.54) is 12.8 Å². The Morgan fingerprint density at radius 3 is 2.50 bits per heavy atom. The van der Waals surface area contributed by atoms with Crippen LogP contribution in [-0.2, 0) is 18.4 Å². The molecule has 2 rings (SSSR count). The number of rotatable bonds is 4. The lowest BCUT2D eigenvalue weighted by molar-refractivity contribution is -0.0904. The van der Waals surface area contributed by atoms with E-state index in [0.717, 1.165) is 18.4 Å². The van der Waals surface area contributed by atoms with Crippen molar-refractivity contribution in [3.8, 4) is 0 Å². The molecule has 4 nitrogen and oxygen atoms in total. The average molecular weight is 251 g/mol. The largest absolute Gasteiger partial charge is 0.369 e. The van der Waals surface area contributed by atoms with Gasteiger partial charge in [-0.1, -0.05) is 13.8 Å². The molecule has 1 heterocycles. The smallest absolute Gasteiger partial charge is 0.0809 e. The van der Waals surface area contributed by atoms with Crippen LogP contribution in [-0.4, -0.2) is 21.9 Å². The molecule has 0 aromatic carbocycles. The highest BCUT2D eigenvalue weighted by Crippen LogP contribution is 2.41. The second kappa shape index (κ2) is 5.02. The lowest BCUT2D eigenvalue weighted by Crippen LogP contribution is -2.45. The van der Waals surface area contributed by atoms with Gasteiger partial charge in [0.25, 0.3) is 0 Å². The Morgan fingerprint density at radius 1 is 1.33 bits per heavy atom. The second-order valence-electron chi connectivity index (χ2n) is 6.36. The molecule has 1 aromatic heterocycles. The van der Waals surface area contributed by atoms with Crippen LogP contribution in [0.1, 0.15) is 45.1 Å². The number of ether oxygens (including phenoxy) is 1. The lowest BCUT2D eigenvalue weighted by Gasteiger charge is -2.42. The van der Waals surface area contributed by atoms with E-state index in [0.29, 0.717) is 18.6 Å². The van der Waals surface area contributed by atoms with Crippen LogP contribution in [0.2, 0.25) is 0 Å². The molecular formula is C14H25N3O. The van der Waals surface area contributed by atoms with Crippen molar-refractivity contribution < 1.29 is 4.74 Å². The zero-order valence-corrected chi connectivity index (χ0v) is 11.8. The summed E-state index contributed by atoms with van der Waals surface area (Å²) < 4.78 is 7.94. The van der Waals surface area contributed by atoms with Gasteiger partial charge in [-0.2, -0.15) is 5.10 Å². The number of hydrogen-bond donors (Lipinski definition) is 1. The van der Waals surface area contributed by atoms with E-state index in [1.54, 1.807) is 4.68 Å². The summed E-state index contributed by atoms with van der Waals surface area (Å²) >= 11 is 0. The van der Waals surface area contributed by atoms with E-state index in [1.807, 2.05) is 19.4 Å². The molecule has 0 radical (unpaired) electrons. The first-order chi connectivity index (χ1) is 8.45. The molecule has 1 fully saturated rings. The summed E-state index contributed by atoms with van der Waals surface area (Å²) in [7, 11) is 1.92. The third-order valence-electron chi connectivity index (χ3n) is 4.19. The van der Waals surface area contributed by atoms with Crippen molar-refractivity contribution in [1.29, 1.82) is 0 Å². The minimum absolute atomic E-state index is 0.120. The summed E-state index contributed by atoms with van der Waals surface area (Å²) in [5.74, 6) is 0. The van der Waals surface area contributed by atoms with Gasteiger partial charge in [-0.05, 0) is 31.1 Å². The van der Waals surface area contributed by atoms with Crippen LogP contribution in [0.3, 0.4) is 0 Å². The maximum absolute atomic E-state index is 6.13. The Labute approximate surface area is 110 Å². The Hall–Kier alpha value is -0.870. The van der Waals surface area contributed by atoms with Crippen molar-refractivity contribution in [1.82, 2.24) is 9.78 Å². The normalized spacial score (nSPS) is 22.0. The summed E-state index contributed by atoms with van der Waals surface area (Å²) in [6.45, 7) is 5.89. The highest BCUT2D eigenvalue weighted by molar-refractivity contribution is 5.02. The zero-order chi connectivity index (χ0) is 13.2. The summed E-state index contributed by atoms with van der Waals surface area (Å²) in [6, 6.07) is 0. The van der Waals surface area contributed by atoms with Gasteiger partial charge in [-0.15, -0.1) is 0 Å². The van der Waals surface area contributed by atoms with Crippen LogP contribution < -0.4 is 5.73 Å². The van der Waals surface area contributed by atoms with Gasteiger partial charge >= 0.3 is 0 Å². The van der Waals surface area contributed by atoms with E-state index in [2.05, 4.69) is 18.9 Å². The third kappa shape index (κ3) is 3.12. The summed E-state index contributed by atoms with van der Waals surface area (Å²) in [5.41, 5.74) is 7.39. The van der Waals surface area contributed by atoms with Gasteiger partial charge in [-0.25, -0.2) is 0 Å². The molecule has 0 bridgehead atoms. The molecule has 0 amide bonds. The van der Waals surface area contributed by atoms with E-state index >= 15 is 0 Å². The van der Waals surface area contributed by atoms with Crippen LogP contribution in [0.5, 0.6) is 0 Å².